The Morgan fingerprint density at radius 1 is 0.880 bits per heavy atom. The standard InChI is InChI=1S/C17H29N3O5/c1-13(21)5-6-14(22)19-9-11-20(12-10-19)15(23)7-8-18-16(24)25-17(2,3)4/h5-12H2,1-4H3,(H,18,24). The molecule has 1 fully saturated rings. The lowest BCUT2D eigenvalue weighted by molar-refractivity contribution is -0.140. The molecular weight excluding hydrogens is 326 g/mol. The Hall–Kier alpha value is -2.12. The monoisotopic (exact) mass is 355 g/mol. The average molecular weight is 355 g/mol. The summed E-state index contributed by atoms with van der Waals surface area (Å²) in [4.78, 5) is 49.9. The van der Waals surface area contributed by atoms with Crippen LogP contribution < -0.4 is 5.32 Å². The summed E-state index contributed by atoms with van der Waals surface area (Å²) >= 11 is 0. The fourth-order valence-electron chi connectivity index (χ4n) is 2.39. The van der Waals surface area contributed by atoms with Crippen molar-refractivity contribution in [3.05, 3.63) is 0 Å². The van der Waals surface area contributed by atoms with E-state index >= 15 is 0 Å². The highest BCUT2D eigenvalue weighted by molar-refractivity contribution is 5.84. The number of Topliss-reactive ketones (excluding diaryl/α,β-unsaturated/α-hetero) is 1. The highest BCUT2D eigenvalue weighted by Crippen LogP contribution is 2.08. The van der Waals surface area contributed by atoms with Gasteiger partial charge in [0.05, 0.1) is 0 Å². The van der Waals surface area contributed by atoms with E-state index in [1.54, 1.807) is 30.6 Å². The molecule has 0 aliphatic carbocycles. The number of ketones is 1. The van der Waals surface area contributed by atoms with Crippen molar-refractivity contribution in [3.63, 3.8) is 0 Å². The fraction of sp³-hybridized carbons (Fsp3) is 0.765. The second kappa shape index (κ2) is 9.39. The van der Waals surface area contributed by atoms with Crippen molar-refractivity contribution in [3.8, 4) is 0 Å². The summed E-state index contributed by atoms with van der Waals surface area (Å²) in [5.41, 5.74) is -0.570. The molecule has 0 radical (unpaired) electrons. The molecule has 0 aromatic rings. The second-order valence-corrected chi connectivity index (χ2v) is 7.14. The number of carbonyl (C=O) groups is 4. The van der Waals surface area contributed by atoms with Gasteiger partial charge in [0.2, 0.25) is 11.8 Å². The SMILES string of the molecule is CC(=O)CCC(=O)N1CCN(C(=O)CCNC(=O)OC(C)(C)C)CC1. The van der Waals surface area contributed by atoms with Gasteiger partial charge >= 0.3 is 6.09 Å². The molecule has 0 saturated carbocycles. The third kappa shape index (κ3) is 8.51. The van der Waals surface area contributed by atoms with Crippen molar-refractivity contribution in [1.29, 1.82) is 0 Å². The van der Waals surface area contributed by atoms with E-state index in [0.29, 0.717) is 26.2 Å². The molecule has 1 aliphatic rings. The van der Waals surface area contributed by atoms with Crippen molar-refractivity contribution in [1.82, 2.24) is 15.1 Å². The number of carbonyl (C=O) groups excluding carboxylic acids is 4. The molecule has 0 spiro atoms. The summed E-state index contributed by atoms with van der Waals surface area (Å²) in [6.45, 7) is 8.89. The third-order valence-corrected chi connectivity index (χ3v) is 3.68. The number of ether oxygens (including phenoxy) is 1. The van der Waals surface area contributed by atoms with Crippen molar-refractivity contribution in [2.24, 2.45) is 0 Å². The molecule has 0 aromatic carbocycles. The largest absolute Gasteiger partial charge is 0.444 e. The molecule has 3 amide bonds. The topological polar surface area (TPSA) is 96.0 Å². The molecule has 1 N–H and O–H groups in total. The molecule has 1 saturated heterocycles. The van der Waals surface area contributed by atoms with Crippen LogP contribution >= 0.6 is 0 Å². The first-order chi connectivity index (χ1) is 11.6. The van der Waals surface area contributed by atoms with Gasteiger partial charge in [-0.3, -0.25) is 9.59 Å². The summed E-state index contributed by atoms with van der Waals surface area (Å²) in [7, 11) is 0. The molecule has 1 aliphatic heterocycles. The molecule has 0 atom stereocenters. The lowest BCUT2D eigenvalue weighted by atomic mass is 10.2. The van der Waals surface area contributed by atoms with Gasteiger partial charge in [-0.1, -0.05) is 0 Å². The number of rotatable bonds is 6. The molecule has 142 valence electrons. The number of hydrogen-bond acceptors (Lipinski definition) is 5. The van der Waals surface area contributed by atoms with E-state index in [2.05, 4.69) is 5.32 Å². The number of amides is 3. The number of nitrogens with zero attached hydrogens (tertiary/aromatic N) is 2. The number of piperazine rings is 1. The Balaban J connectivity index is 2.26. The van der Waals surface area contributed by atoms with Gasteiger partial charge in [0.1, 0.15) is 11.4 Å². The Kier molecular flexibility index (Phi) is 7.86. The predicted molar refractivity (Wildman–Crippen MR) is 91.9 cm³/mol. The summed E-state index contributed by atoms with van der Waals surface area (Å²) in [6, 6.07) is 0. The number of nitrogens with one attached hydrogen (secondary N) is 1. The minimum atomic E-state index is -0.570. The highest BCUT2D eigenvalue weighted by atomic mass is 16.6. The average Bonchev–Trinajstić information content (AvgIpc) is 2.50. The van der Waals surface area contributed by atoms with Crippen LogP contribution in [0.3, 0.4) is 0 Å². The van der Waals surface area contributed by atoms with Crippen molar-refractivity contribution >= 4 is 23.7 Å². The van der Waals surface area contributed by atoms with Crippen LogP contribution in [0.25, 0.3) is 0 Å². The van der Waals surface area contributed by atoms with Gasteiger partial charge in [-0.25, -0.2) is 4.79 Å². The van der Waals surface area contributed by atoms with E-state index in [1.165, 1.54) is 6.92 Å². The van der Waals surface area contributed by atoms with Crippen molar-refractivity contribution in [2.45, 2.75) is 52.6 Å². The smallest absolute Gasteiger partial charge is 0.407 e. The quantitative estimate of drug-likeness (QED) is 0.765. The van der Waals surface area contributed by atoms with E-state index in [1.807, 2.05) is 0 Å². The van der Waals surface area contributed by atoms with Crippen molar-refractivity contribution < 1.29 is 23.9 Å². The lowest BCUT2D eigenvalue weighted by Gasteiger charge is -2.35. The van der Waals surface area contributed by atoms with Crippen LogP contribution in [-0.2, 0) is 19.1 Å². The van der Waals surface area contributed by atoms with Crippen LogP contribution in [-0.4, -0.2) is 71.8 Å². The van der Waals surface area contributed by atoms with E-state index < -0.39 is 11.7 Å². The molecule has 8 nitrogen and oxygen atoms in total. The molecule has 1 rings (SSSR count). The highest BCUT2D eigenvalue weighted by Gasteiger charge is 2.24. The van der Waals surface area contributed by atoms with Gasteiger partial charge in [0.15, 0.2) is 0 Å². The van der Waals surface area contributed by atoms with Gasteiger partial charge in [0, 0.05) is 52.0 Å². The number of alkyl carbamates (subject to hydrolysis) is 1. The molecule has 0 unspecified atom stereocenters. The Morgan fingerprint density at radius 3 is 1.80 bits per heavy atom. The van der Waals surface area contributed by atoms with Crippen molar-refractivity contribution in [2.75, 3.05) is 32.7 Å². The van der Waals surface area contributed by atoms with Crippen LogP contribution in [0.2, 0.25) is 0 Å². The zero-order valence-corrected chi connectivity index (χ0v) is 15.6. The molecule has 0 bridgehead atoms. The van der Waals surface area contributed by atoms with Crippen LogP contribution in [0.5, 0.6) is 0 Å². The molecular formula is C17H29N3O5. The zero-order chi connectivity index (χ0) is 19.0. The maximum atomic E-state index is 12.1. The van der Waals surface area contributed by atoms with E-state index in [-0.39, 0.29) is 43.4 Å². The van der Waals surface area contributed by atoms with Gasteiger partial charge in [-0.05, 0) is 27.7 Å². The second-order valence-electron chi connectivity index (χ2n) is 7.14. The molecule has 25 heavy (non-hydrogen) atoms. The van der Waals surface area contributed by atoms with E-state index in [9.17, 15) is 19.2 Å². The maximum absolute atomic E-state index is 12.1. The fourth-order valence-corrected chi connectivity index (χ4v) is 2.39. The van der Waals surface area contributed by atoms with Crippen LogP contribution in [0.1, 0.15) is 47.0 Å². The van der Waals surface area contributed by atoms with E-state index in [0.717, 1.165) is 0 Å². The predicted octanol–water partition coefficient (Wildman–Crippen LogP) is 0.941. The van der Waals surface area contributed by atoms with Crippen LogP contribution in [0, 0.1) is 0 Å². The lowest BCUT2D eigenvalue weighted by Crippen LogP contribution is -2.51. The first-order valence-electron chi connectivity index (χ1n) is 8.60. The third-order valence-electron chi connectivity index (χ3n) is 3.68. The summed E-state index contributed by atoms with van der Waals surface area (Å²) in [5, 5.41) is 2.56. The number of hydrogen-bond donors (Lipinski definition) is 1. The summed E-state index contributed by atoms with van der Waals surface area (Å²) in [6.07, 6.45) is 0.135. The van der Waals surface area contributed by atoms with Gasteiger partial charge < -0.3 is 24.6 Å². The summed E-state index contributed by atoms with van der Waals surface area (Å²) < 4.78 is 5.10. The zero-order valence-electron chi connectivity index (χ0n) is 15.6. The Bertz CT molecular complexity index is 505. The van der Waals surface area contributed by atoms with Gasteiger partial charge in [0.25, 0.3) is 0 Å². The van der Waals surface area contributed by atoms with Gasteiger partial charge in [-0.15, -0.1) is 0 Å². The van der Waals surface area contributed by atoms with Crippen LogP contribution in [0.15, 0.2) is 0 Å². The Morgan fingerprint density at radius 2 is 1.36 bits per heavy atom. The molecule has 8 heteroatoms. The van der Waals surface area contributed by atoms with Crippen LogP contribution in [0.4, 0.5) is 4.79 Å². The molecule has 1 heterocycles. The Labute approximate surface area is 148 Å². The summed E-state index contributed by atoms with van der Waals surface area (Å²) in [5.74, 6) is -0.111. The first-order valence-corrected chi connectivity index (χ1v) is 8.60. The van der Waals surface area contributed by atoms with E-state index in [4.69, 9.17) is 4.74 Å². The molecule has 0 aromatic heterocycles. The first kappa shape index (κ1) is 20.9. The maximum Gasteiger partial charge on any atom is 0.407 e. The van der Waals surface area contributed by atoms with Gasteiger partial charge in [-0.2, -0.15) is 0 Å². The minimum Gasteiger partial charge on any atom is -0.444 e. The normalized spacial score (nSPS) is 14.9. The minimum absolute atomic E-state index is 0.000323.